The summed E-state index contributed by atoms with van der Waals surface area (Å²) in [5.41, 5.74) is 51.6. The Hall–Kier alpha value is -10.3. The number of guanidine groups is 3. The smallest absolute Gasteiger partial charge is 0.312 e. The first-order chi connectivity index (χ1) is 42.4. The fourth-order valence-electron chi connectivity index (χ4n) is 9.34. The summed E-state index contributed by atoms with van der Waals surface area (Å²) in [6, 6.07) is 12.9. The zero-order valence-electron chi connectivity index (χ0n) is 50.4. The van der Waals surface area contributed by atoms with Crippen molar-refractivity contribution in [3.8, 4) is 23.0 Å². The molecule has 0 aliphatic rings. The molecule has 0 radical (unpaired) electrons. The van der Waals surface area contributed by atoms with Crippen LogP contribution in [0.3, 0.4) is 0 Å². The molecule has 4 rings (SSSR count). The Morgan fingerprint density at radius 1 is 0.427 bits per heavy atom. The molecular formula is C60H82N16O13. The molecule has 29 nitrogen and oxygen atoms in total. The van der Waals surface area contributed by atoms with Gasteiger partial charge in [-0.15, -0.1) is 0 Å². The molecule has 6 amide bonds. The average Bonchev–Trinajstić information content (AvgIpc) is 2.13. The number of hydrogen-bond acceptors (Lipinski definition) is 17. The first-order valence-corrected chi connectivity index (χ1v) is 28.3. The molecule has 4 aromatic carbocycles. The van der Waals surface area contributed by atoms with Crippen LogP contribution in [-0.2, 0) is 44.9 Å². The van der Waals surface area contributed by atoms with Crippen LogP contribution in [0.1, 0.15) is 115 Å². The maximum absolute atomic E-state index is 14.5. The van der Waals surface area contributed by atoms with E-state index in [1.54, 1.807) is 18.2 Å². The van der Waals surface area contributed by atoms with Crippen molar-refractivity contribution in [3.05, 3.63) is 117 Å². The Kier molecular flexibility index (Phi) is 28.8. The summed E-state index contributed by atoms with van der Waals surface area (Å²) in [5.74, 6) is -4.51. The van der Waals surface area contributed by atoms with E-state index in [4.69, 9.17) is 70.6 Å². The van der Waals surface area contributed by atoms with Gasteiger partial charge in [-0.25, -0.2) is 4.79 Å². The Morgan fingerprint density at radius 2 is 0.775 bits per heavy atom. The Morgan fingerprint density at radius 3 is 1.11 bits per heavy atom. The molecule has 0 aliphatic heterocycles. The van der Waals surface area contributed by atoms with Crippen LogP contribution in [0.25, 0.3) is 0 Å². The van der Waals surface area contributed by atoms with E-state index in [9.17, 15) is 43.2 Å². The van der Waals surface area contributed by atoms with Crippen molar-refractivity contribution >= 4 is 70.7 Å². The molecule has 0 spiro atoms. The quantitative estimate of drug-likeness (QED) is 0.0154. The number of rotatable bonds is 39. The van der Waals surface area contributed by atoms with Crippen molar-refractivity contribution in [3.63, 3.8) is 0 Å². The van der Waals surface area contributed by atoms with E-state index in [1.165, 1.54) is 83.0 Å². The molecular weight excluding hydrogens is 1150 g/mol. The van der Waals surface area contributed by atoms with Crippen LogP contribution in [0.4, 0.5) is 4.79 Å². The number of urea groups is 1. The fraction of sp³-hybridized carbons (Fsp3) is 0.400. The molecule has 480 valence electrons. The van der Waals surface area contributed by atoms with Crippen molar-refractivity contribution in [1.29, 1.82) is 0 Å². The Labute approximate surface area is 515 Å². The summed E-state index contributed by atoms with van der Waals surface area (Å²) in [5, 5.41) is 10.8. The number of carbonyl (C=O) groups excluding carboxylic acids is 9. The van der Waals surface area contributed by atoms with Crippen molar-refractivity contribution in [2.24, 2.45) is 66.6 Å². The van der Waals surface area contributed by atoms with Crippen LogP contribution in [0.2, 0.25) is 0 Å². The minimum Gasteiger partial charge on any atom is -0.496 e. The predicted molar refractivity (Wildman–Crippen MR) is 334 cm³/mol. The number of aliphatic imine (C=N–C) groups is 3. The molecule has 89 heavy (non-hydrogen) atoms. The van der Waals surface area contributed by atoms with Gasteiger partial charge in [0, 0.05) is 63.0 Å². The SMILES string of the molecule is COc1ccc(C(N)=O)cc1CC(=O)[C@@H](CCCN=C(N)N)NC(=O)c1cc(CC(=O)[C@@H](CCCN=C(N)N)NC(=O)c2cc(CC(=O)[C@@H](CCCN=C(N)N)NC(=O)c3cc(CC(=O)[C@H](N)CCCNC(N)=O)ccc3OC)ccc2OC)ccc1OC. The second-order valence-corrected chi connectivity index (χ2v) is 20.5. The van der Waals surface area contributed by atoms with Gasteiger partial charge in [0.05, 0.1) is 69.3 Å². The lowest BCUT2D eigenvalue weighted by Gasteiger charge is -2.21. The highest BCUT2D eigenvalue weighted by atomic mass is 16.5. The van der Waals surface area contributed by atoms with E-state index < -0.39 is 71.2 Å². The summed E-state index contributed by atoms with van der Waals surface area (Å²) in [4.78, 5) is 134. The van der Waals surface area contributed by atoms with E-state index in [1.807, 2.05) is 0 Å². The minimum atomic E-state index is -1.18. The molecule has 22 N–H and O–H groups in total. The largest absolute Gasteiger partial charge is 0.496 e. The summed E-state index contributed by atoms with van der Waals surface area (Å²) in [6.07, 6.45) is 0.599. The van der Waals surface area contributed by atoms with Crippen molar-refractivity contribution in [2.45, 2.75) is 101 Å². The third-order valence-electron chi connectivity index (χ3n) is 13.9. The van der Waals surface area contributed by atoms with Gasteiger partial charge in [0.25, 0.3) is 17.7 Å². The van der Waals surface area contributed by atoms with Crippen LogP contribution in [0.15, 0.2) is 87.8 Å². The number of ether oxygens (including phenoxy) is 4. The number of primary amides is 2. The number of amides is 6. The number of carbonyl (C=O) groups is 9. The highest BCUT2D eigenvalue weighted by molar-refractivity contribution is 6.04. The van der Waals surface area contributed by atoms with E-state index in [2.05, 4.69) is 36.2 Å². The molecule has 4 atom stereocenters. The Bertz CT molecular complexity index is 3270. The number of ketones is 4. The van der Waals surface area contributed by atoms with Gasteiger partial charge in [-0.1, -0.05) is 18.2 Å². The summed E-state index contributed by atoms with van der Waals surface area (Å²) in [6.45, 7) is 0.593. The second kappa shape index (κ2) is 36.0. The molecule has 0 unspecified atom stereocenters. The summed E-state index contributed by atoms with van der Waals surface area (Å²) >= 11 is 0. The summed E-state index contributed by atoms with van der Waals surface area (Å²) in [7, 11) is 5.43. The van der Waals surface area contributed by atoms with Crippen molar-refractivity contribution in [2.75, 3.05) is 54.6 Å². The fourth-order valence-corrected chi connectivity index (χ4v) is 9.34. The first kappa shape index (κ1) is 71.2. The average molecular weight is 1240 g/mol. The van der Waals surface area contributed by atoms with E-state index in [0.29, 0.717) is 34.4 Å². The zero-order chi connectivity index (χ0) is 65.7. The zero-order valence-corrected chi connectivity index (χ0v) is 50.4. The van der Waals surface area contributed by atoms with E-state index >= 15 is 0 Å². The number of methoxy groups -OCH3 is 4. The highest BCUT2D eigenvalue weighted by Gasteiger charge is 2.29. The lowest BCUT2D eigenvalue weighted by atomic mass is 9.96. The molecule has 0 fully saturated rings. The van der Waals surface area contributed by atoms with Crippen LogP contribution >= 0.6 is 0 Å². The molecule has 0 aliphatic carbocycles. The number of nitrogens with one attached hydrogen (secondary N) is 4. The number of benzene rings is 4. The maximum atomic E-state index is 14.5. The number of Topliss-reactive ketones (excluding diaryl/α,β-unsaturated/α-hetero) is 4. The van der Waals surface area contributed by atoms with Crippen LogP contribution < -0.4 is 91.8 Å². The second-order valence-electron chi connectivity index (χ2n) is 20.5. The van der Waals surface area contributed by atoms with Gasteiger partial charge in [-0.05, 0) is 123 Å². The van der Waals surface area contributed by atoms with Gasteiger partial charge >= 0.3 is 6.03 Å². The van der Waals surface area contributed by atoms with Crippen LogP contribution in [0, 0.1) is 0 Å². The lowest BCUT2D eigenvalue weighted by Crippen LogP contribution is -2.42. The van der Waals surface area contributed by atoms with Gasteiger partial charge in [-0.2, -0.15) is 0 Å². The molecule has 4 aromatic rings. The van der Waals surface area contributed by atoms with Gasteiger partial charge in [0.2, 0.25) is 5.91 Å². The number of nitrogens with two attached hydrogens (primary N) is 9. The van der Waals surface area contributed by atoms with Crippen LogP contribution in [-0.4, -0.2) is 149 Å². The third-order valence-corrected chi connectivity index (χ3v) is 13.9. The normalized spacial score (nSPS) is 12.1. The standard InChI is InChI=1S/C60H82N16O13/c1-86-49-20-16-36(53(62)81)31-37(49)32-48(80)44(12-8-23-72-59(67)68)76-56(84)40-27-35(15-19-52(40)89-4)30-47(79)43(11-7-22-71-58(65)66)75-55(83)39-26-34(14-18-51(39)88-3)29-46(78)42(10-6-21-70-57(63)64)74-54(82)38-25-33(13-17-50(38)87-2)28-45(77)41(61)9-5-24-73-60(69)85/h13-20,25-27,31,41-44H,5-12,21-24,28-30,32,61H2,1-4H3,(H2,62,81)(H,74,82)(H,75,83)(H,76,84)(H4,63,64,70)(H4,65,66,71)(H4,67,68,72)(H3,69,73,85)/t41-,42-,43-,44-/m1/s1. The lowest BCUT2D eigenvalue weighted by molar-refractivity contribution is -0.121. The summed E-state index contributed by atoms with van der Waals surface area (Å²) < 4.78 is 22.1. The molecule has 0 bridgehead atoms. The maximum Gasteiger partial charge on any atom is 0.312 e. The van der Waals surface area contributed by atoms with Gasteiger partial charge in [0.1, 0.15) is 23.0 Å². The van der Waals surface area contributed by atoms with E-state index in [-0.39, 0.29) is 160 Å². The molecule has 0 heterocycles. The van der Waals surface area contributed by atoms with Crippen LogP contribution in [0.5, 0.6) is 23.0 Å². The third kappa shape index (κ3) is 23.5. The molecule has 29 heteroatoms. The van der Waals surface area contributed by atoms with E-state index in [0.717, 1.165) is 0 Å². The monoisotopic (exact) mass is 1230 g/mol. The number of nitrogens with zero attached hydrogens (tertiary/aromatic N) is 3. The highest BCUT2D eigenvalue weighted by Crippen LogP contribution is 2.27. The predicted octanol–water partition coefficient (Wildman–Crippen LogP) is -0.401. The van der Waals surface area contributed by atoms with Crippen molar-refractivity contribution in [1.82, 2.24) is 21.3 Å². The van der Waals surface area contributed by atoms with Gasteiger partial charge in [0.15, 0.2) is 41.0 Å². The molecule has 0 aromatic heterocycles. The van der Waals surface area contributed by atoms with Gasteiger partial charge in [-0.3, -0.25) is 53.3 Å². The molecule has 0 saturated heterocycles. The number of hydrogen-bond donors (Lipinski definition) is 13. The first-order valence-electron chi connectivity index (χ1n) is 28.3. The van der Waals surface area contributed by atoms with Gasteiger partial charge < -0.3 is 91.8 Å². The Balaban J connectivity index is 1.61. The molecule has 0 saturated carbocycles. The minimum absolute atomic E-state index is 0.0263. The van der Waals surface area contributed by atoms with Crippen molar-refractivity contribution < 1.29 is 62.1 Å². The topological polar surface area (TPSA) is 510 Å².